The molecule has 0 spiro atoms. The molecule has 0 rings (SSSR count). The highest BCUT2D eigenvalue weighted by Crippen LogP contribution is 2.43. The van der Waals surface area contributed by atoms with E-state index >= 15 is 0 Å². The zero-order chi connectivity index (χ0) is 51.3. The third-order valence-corrected chi connectivity index (χ3v) is 12.9. The lowest BCUT2D eigenvalue weighted by Gasteiger charge is -2.21. The molecule has 0 fully saturated rings. The van der Waals surface area contributed by atoms with Gasteiger partial charge < -0.3 is 24.2 Å². The summed E-state index contributed by atoms with van der Waals surface area (Å²) in [5.74, 6) is -1.51. The average Bonchev–Trinajstić information content (AvgIpc) is 3.35. The van der Waals surface area contributed by atoms with Crippen molar-refractivity contribution in [3.63, 3.8) is 0 Å². The predicted molar refractivity (Wildman–Crippen MR) is 288 cm³/mol. The fourth-order valence-corrected chi connectivity index (χ4v) is 8.42. The van der Waals surface area contributed by atoms with Crippen LogP contribution in [0.4, 0.5) is 0 Å². The number of allylic oxidation sites excluding steroid dienone is 10. The van der Waals surface area contributed by atoms with Gasteiger partial charge in [0.05, 0.1) is 19.8 Å². The Morgan fingerprint density at radius 3 is 1.19 bits per heavy atom. The number of carbonyl (C=O) groups excluding carboxylic acids is 3. The molecule has 0 amide bonds. The number of esters is 3. The van der Waals surface area contributed by atoms with E-state index < -0.39 is 57.8 Å². The van der Waals surface area contributed by atoms with Crippen molar-refractivity contribution < 1.29 is 52.2 Å². The minimum Gasteiger partial charge on any atom is -0.462 e. The summed E-state index contributed by atoms with van der Waals surface area (Å²) in [5, 5.41) is 9.76. The number of aliphatic hydroxyl groups excluding tert-OH is 1. The third-order valence-electron chi connectivity index (χ3n) is 11.9. The minimum absolute atomic E-state index is 0.116. The first kappa shape index (κ1) is 67.2. The molecule has 70 heavy (non-hydrogen) atoms. The maximum absolute atomic E-state index is 12.9. The number of rotatable bonds is 52. The summed E-state index contributed by atoms with van der Waals surface area (Å²) in [7, 11) is -4.75. The van der Waals surface area contributed by atoms with Crippen molar-refractivity contribution in [2.24, 2.45) is 0 Å². The summed E-state index contributed by atoms with van der Waals surface area (Å²) >= 11 is 0. The summed E-state index contributed by atoms with van der Waals surface area (Å²) in [6.45, 7) is 4.46. The van der Waals surface area contributed by atoms with Crippen molar-refractivity contribution >= 4 is 25.7 Å². The first-order chi connectivity index (χ1) is 34.2. The molecule has 0 aliphatic rings. The van der Waals surface area contributed by atoms with Gasteiger partial charge in [-0.1, -0.05) is 210 Å². The molecule has 11 nitrogen and oxygen atoms in total. The molecule has 3 atom stereocenters. The van der Waals surface area contributed by atoms with Crippen molar-refractivity contribution in [2.45, 2.75) is 264 Å². The van der Waals surface area contributed by atoms with E-state index in [4.69, 9.17) is 23.3 Å². The highest BCUT2D eigenvalue weighted by atomic mass is 31.2. The first-order valence-corrected chi connectivity index (χ1v) is 29.7. The second-order valence-electron chi connectivity index (χ2n) is 18.7. The number of phosphoric ester groups is 1. The summed E-state index contributed by atoms with van der Waals surface area (Å²) in [6.07, 6.45) is 56.3. The Bertz CT molecular complexity index is 1410. The van der Waals surface area contributed by atoms with Crippen LogP contribution in [-0.4, -0.2) is 66.5 Å². The van der Waals surface area contributed by atoms with Crippen LogP contribution in [0.2, 0.25) is 0 Å². The first-order valence-electron chi connectivity index (χ1n) is 28.2. The van der Waals surface area contributed by atoms with Crippen LogP contribution in [0.3, 0.4) is 0 Å². The van der Waals surface area contributed by atoms with Crippen LogP contribution in [0.5, 0.6) is 0 Å². The summed E-state index contributed by atoms with van der Waals surface area (Å²) in [4.78, 5) is 48.4. The summed E-state index contributed by atoms with van der Waals surface area (Å²) in [5.41, 5.74) is 0. The Morgan fingerprint density at radius 1 is 0.414 bits per heavy atom. The topological polar surface area (TPSA) is 155 Å². The van der Waals surface area contributed by atoms with Crippen molar-refractivity contribution in [3.8, 4) is 0 Å². The van der Waals surface area contributed by atoms with Gasteiger partial charge in [-0.3, -0.25) is 23.4 Å². The second kappa shape index (κ2) is 52.5. The van der Waals surface area contributed by atoms with Crippen LogP contribution in [0.25, 0.3) is 0 Å². The Morgan fingerprint density at radius 2 is 0.743 bits per heavy atom. The normalized spacial score (nSPS) is 13.8. The van der Waals surface area contributed by atoms with Gasteiger partial charge in [-0.25, -0.2) is 4.57 Å². The van der Waals surface area contributed by atoms with Gasteiger partial charge in [-0.05, 0) is 83.5 Å². The highest BCUT2D eigenvalue weighted by molar-refractivity contribution is 7.47. The molecule has 0 aromatic heterocycles. The van der Waals surface area contributed by atoms with Gasteiger partial charge in [0.25, 0.3) is 0 Å². The third kappa shape index (κ3) is 50.1. The van der Waals surface area contributed by atoms with Gasteiger partial charge >= 0.3 is 25.7 Å². The van der Waals surface area contributed by atoms with Gasteiger partial charge in [0.1, 0.15) is 12.7 Å². The van der Waals surface area contributed by atoms with Gasteiger partial charge in [0, 0.05) is 19.3 Å². The van der Waals surface area contributed by atoms with Gasteiger partial charge in [0.15, 0.2) is 6.10 Å². The van der Waals surface area contributed by atoms with Crippen molar-refractivity contribution in [2.75, 3.05) is 26.4 Å². The second-order valence-corrected chi connectivity index (χ2v) is 20.2. The van der Waals surface area contributed by atoms with E-state index in [1.54, 1.807) is 0 Å². The van der Waals surface area contributed by atoms with Crippen LogP contribution in [0.15, 0.2) is 60.8 Å². The number of ether oxygens (including phenoxy) is 3. The molecule has 0 saturated heterocycles. The molecule has 0 aliphatic carbocycles. The molecule has 0 saturated carbocycles. The smallest absolute Gasteiger partial charge is 0.462 e. The van der Waals surface area contributed by atoms with E-state index in [2.05, 4.69) is 81.5 Å². The fraction of sp³-hybridized carbons (Fsp3) is 0.776. The van der Waals surface area contributed by atoms with E-state index in [0.29, 0.717) is 19.3 Å². The van der Waals surface area contributed by atoms with Crippen LogP contribution >= 0.6 is 7.82 Å². The zero-order valence-electron chi connectivity index (χ0n) is 44.7. The van der Waals surface area contributed by atoms with Crippen LogP contribution in [0, 0.1) is 0 Å². The molecule has 3 unspecified atom stereocenters. The zero-order valence-corrected chi connectivity index (χ0v) is 45.6. The molecule has 0 heterocycles. The lowest BCUT2D eigenvalue weighted by molar-refractivity contribution is -0.161. The molecule has 0 radical (unpaired) electrons. The predicted octanol–water partition coefficient (Wildman–Crippen LogP) is 16.4. The highest BCUT2D eigenvalue weighted by Gasteiger charge is 2.28. The quantitative estimate of drug-likeness (QED) is 0.0197. The summed E-state index contributed by atoms with van der Waals surface area (Å²) in [6, 6.07) is 0. The monoisotopic (exact) mass is 1010 g/mol. The number of aliphatic hydroxyl groups is 1. The molecule has 0 aromatic rings. The molecule has 406 valence electrons. The standard InChI is InChI=1S/C58H103O11P/c1-4-7-10-13-16-19-21-23-25-26-27-28-30-31-33-36-38-41-44-47-56(60)65-51-55(69-58(62)49-46-43-40-37-34-32-29-24-22-20-17-14-11-8-5-2)53-67-70(63,64)66-52-54(50-59)68-57(61)48-45-42-39-35-18-15-12-9-6-3/h8,11,17,20,23-25,29,34,37,54-55,59H,4-7,9-10,12-16,18-19,21-22,26-28,30-33,35-36,38-53H2,1-3H3,(H,63,64)/b11-8-,20-17-,25-23-,29-24-,37-34-. The minimum atomic E-state index is -4.75. The summed E-state index contributed by atoms with van der Waals surface area (Å²) < 4.78 is 39.4. The largest absolute Gasteiger partial charge is 0.472 e. The maximum Gasteiger partial charge on any atom is 0.472 e. The van der Waals surface area contributed by atoms with Crippen LogP contribution in [-0.2, 0) is 42.2 Å². The molecule has 12 heteroatoms. The number of hydrogen-bond acceptors (Lipinski definition) is 10. The van der Waals surface area contributed by atoms with Crippen molar-refractivity contribution in [1.29, 1.82) is 0 Å². The number of carbonyl (C=O) groups is 3. The molecular weight excluding hydrogens is 904 g/mol. The molecular formula is C58H103O11P. The Hall–Kier alpha value is -2.82. The van der Waals surface area contributed by atoms with E-state index in [9.17, 15) is 28.9 Å². The van der Waals surface area contributed by atoms with Crippen LogP contribution in [0.1, 0.15) is 252 Å². The van der Waals surface area contributed by atoms with Gasteiger partial charge in [-0.2, -0.15) is 0 Å². The van der Waals surface area contributed by atoms with Crippen molar-refractivity contribution in [3.05, 3.63) is 60.8 Å². The Balaban J connectivity index is 4.74. The molecule has 2 N–H and O–H groups in total. The van der Waals surface area contributed by atoms with E-state index in [1.165, 1.54) is 116 Å². The van der Waals surface area contributed by atoms with E-state index in [1.807, 2.05) is 0 Å². The van der Waals surface area contributed by atoms with E-state index in [0.717, 1.165) is 77.0 Å². The molecule has 0 aliphatic heterocycles. The Kier molecular flexibility index (Phi) is 50.4. The number of hydrogen-bond donors (Lipinski definition) is 2. The number of phosphoric acid groups is 1. The maximum atomic E-state index is 12.9. The number of unbranched alkanes of at least 4 members (excludes halogenated alkanes) is 25. The van der Waals surface area contributed by atoms with E-state index in [-0.39, 0.29) is 25.9 Å². The lowest BCUT2D eigenvalue weighted by atomic mass is 10.1. The van der Waals surface area contributed by atoms with Gasteiger partial charge in [0.2, 0.25) is 0 Å². The molecule has 0 bridgehead atoms. The SMILES string of the molecule is CC/C=C\C/C=C\C/C=C\C/C=C\CCCCC(=O)OC(COC(=O)CCCCCCCCCCC/C=C\CCCCCCCC)COP(=O)(O)OCC(CO)OC(=O)CCCCCCCCCCC. The van der Waals surface area contributed by atoms with Crippen LogP contribution < -0.4 is 0 Å². The average molecular weight is 1010 g/mol. The Labute approximate surface area is 427 Å². The fourth-order valence-electron chi connectivity index (χ4n) is 7.64. The van der Waals surface area contributed by atoms with Gasteiger partial charge in [-0.15, -0.1) is 0 Å². The lowest BCUT2D eigenvalue weighted by Crippen LogP contribution is -2.30. The molecule has 0 aromatic carbocycles. The van der Waals surface area contributed by atoms with Crippen molar-refractivity contribution in [1.82, 2.24) is 0 Å².